The average molecular weight is 597 g/mol. The van der Waals surface area contributed by atoms with E-state index in [0.717, 1.165) is 81.7 Å². The molecule has 41 heavy (non-hydrogen) atoms. The third-order valence-corrected chi connectivity index (χ3v) is 20.0. The van der Waals surface area contributed by atoms with Crippen LogP contribution in [0, 0.1) is 103 Å². The maximum absolute atomic E-state index is 10.1. The smallest absolute Gasteiger partial charge is 0.100 e. The van der Waals surface area contributed by atoms with Gasteiger partial charge in [0.1, 0.15) is 5.66 Å². The number of rotatable bonds is 21. The van der Waals surface area contributed by atoms with E-state index in [-0.39, 0.29) is 41.2 Å². The standard InChI is InChI=1S/C33H54N6P2/c1-8-28(14-34)21-40(22-29(9-2)15-35,23-30(10-3)16-36)20-27(7)41(24-31(11-4)17-37,25-32(12-5)18-38)26-33(13-6)19-39/h27-33H,8-13,20-26H2,1-7H3/q+2. The van der Waals surface area contributed by atoms with Crippen LogP contribution >= 0.6 is 14.5 Å². The van der Waals surface area contributed by atoms with Crippen molar-refractivity contribution >= 4 is 14.5 Å². The van der Waals surface area contributed by atoms with Crippen LogP contribution in [0.1, 0.15) is 87.0 Å². The summed E-state index contributed by atoms with van der Waals surface area (Å²) < 4.78 is 0. The normalized spacial score (nSPS) is 19.0. The molecule has 0 amide bonds. The fraction of sp³-hybridized carbons (Fsp3) is 0.818. The van der Waals surface area contributed by atoms with Crippen LogP contribution < -0.4 is 0 Å². The summed E-state index contributed by atoms with van der Waals surface area (Å²) in [6.07, 6.45) is 9.80. The highest BCUT2D eigenvalue weighted by Crippen LogP contribution is 2.73. The van der Waals surface area contributed by atoms with Crippen molar-refractivity contribution < 1.29 is 0 Å². The summed E-state index contributed by atoms with van der Waals surface area (Å²) in [7, 11) is -4.01. The summed E-state index contributed by atoms with van der Waals surface area (Å²) in [6.45, 7) is 14.6. The van der Waals surface area contributed by atoms with Gasteiger partial charge in [-0.15, -0.1) is 0 Å². The quantitative estimate of drug-likeness (QED) is 0.121. The van der Waals surface area contributed by atoms with Crippen LogP contribution in [0.5, 0.6) is 0 Å². The Labute approximate surface area is 253 Å². The number of hydrogen-bond donors (Lipinski definition) is 0. The predicted octanol–water partition coefficient (Wildman–Crippen LogP) is 8.71. The molecular formula is C33H54N6P2+2. The molecule has 224 valence electrons. The molecule has 6 nitrogen and oxygen atoms in total. The first-order valence-electron chi connectivity index (χ1n) is 15.7. The van der Waals surface area contributed by atoms with E-state index in [1.165, 1.54) is 0 Å². The van der Waals surface area contributed by atoms with Crippen LogP contribution in [0.3, 0.4) is 0 Å². The zero-order valence-corrected chi connectivity index (χ0v) is 28.6. The molecule has 7 unspecified atom stereocenters. The summed E-state index contributed by atoms with van der Waals surface area (Å²) in [6, 6.07) is 15.2. The zero-order valence-electron chi connectivity index (χ0n) is 26.8. The van der Waals surface area contributed by atoms with E-state index < -0.39 is 14.5 Å². The van der Waals surface area contributed by atoms with Gasteiger partial charge in [-0.05, 0) is 45.4 Å². The van der Waals surface area contributed by atoms with Crippen LogP contribution in [0.4, 0.5) is 0 Å². The van der Waals surface area contributed by atoms with Gasteiger partial charge in [-0.3, -0.25) is 0 Å². The fourth-order valence-electron chi connectivity index (χ4n) is 6.23. The van der Waals surface area contributed by atoms with Crippen LogP contribution in [0.15, 0.2) is 0 Å². The van der Waals surface area contributed by atoms with Crippen molar-refractivity contribution in [2.45, 2.75) is 92.7 Å². The zero-order chi connectivity index (χ0) is 31.5. The Bertz CT molecular complexity index is 898. The summed E-state index contributed by atoms with van der Waals surface area (Å²) in [5.74, 6) is -0.746. The minimum absolute atomic E-state index is 0.122. The average Bonchev–Trinajstić information content (AvgIpc) is 3.00. The van der Waals surface area contributed by atoms with E-state index in [1.54, 1.807) is 0 Å². The second-order valence-corrected chi connectivity index (χ2v) is 20.7. The lowest BCUT2D eigenvalue weighted by molar-refractivity contribution is 0.657. The Morgan fingerprint density at radius 3 is 0.805 bits per heavy atom. The highest BCUT2D eigenvalue weighted by Gasteiger charge is 2.54. The molecule has 0 aromatic carbocycles. The van der Waals surface area contributed by atoms with Crippen molar-refractivity contribution in [2.75, 3.05) is 43.1 Å². The van der Waals surface area contributed by atoms with Gasteiger partial charge in [0, 0.05) is 14.5 Å². The van der Waals surface area contributed by atoms with Gasteiger partial charge >= 0.3 is 0 Å². The molecule has 7 atom stereocenters. The van der Waals surface area contributed by atoms with Crippen LogP contribution in [-0.2, 0) is 0 Å². The van der Waals surface area contributed by atoms with Gasteiger partial charge in [0.25, 0.3) is 0 Å². The molecule has 0 spiro atoms. The first-order valence-corrected chi connectivity index (χ1v) is 20.6. The maximum atomic E-state index is 10.1. The van der Waals surface area contributed by atoms with Crippen molar-refractivity contribution in [3.8, 4) is 36.4 Å². The maximum Gasteiger partial charge on any atom is 0.100 e. The molecule has 0 N–H and O–H groups in total. The van der Waals surface area contributed by atoms with Gasteiger partial charge in [0.15, 0.2) is 0 Å². The Balaban J connectivity index is 7.33. The highest BCUT2D eigenvalue weighted by molar-refractivity contribution is 7.80. The van der Waals surface area contributed by atoms with Crippen LogP contribution in [-0.4, -0.2) is 48.8 Å². The van der Waals surface area contributed by atoms with E-state index >= 15 is 0 Å². The lowest BCUT2D eigenvalue weighted by atomic mass is 10.1. The van der Waals surface area contributed by atoms with Gasteiger partial charge in [0.2, 0.25) is 0 Å². The number of nitrogens with zero attached hydrogens (tertiary/aromatic N) is 6. The van der Waals surface area contributed by atoms with E-state index in [9.17, 15) is 31.6 Å². The topological polar surface area (TPSA) is 143 Å². The number of nitriles is 6. The molecule has 0 aromatic rings. The first-order chi connectivity index (χ1) is 19.6. The molecule has 0 saturated carbocycles. The molecule has 0 fully saturated rings. The van der Waals surface area contributed by atoms with Crippen molar-refractivity contribution in [1.29, 1.82) is 31.6 Å². The molecule has 0 rings (SSSR count). The van der Waals surface area contributed by atoms with E-state index in [1.807, 2.05) is 41.5 Å². The second kappa shape index (κ2) is 20.6. The van der Waals surface area contributed by atoms with Crippen molar-refractivity contribution in [2.24, 2.45) is 35.5 Å². The van der Waals surface area contributed by atoms with E-state index in [4.69, 9.17) is 0 Å². The molecule has 0 aromatic heterocycles. The molecule has 0 aliphatic carbocycles. The SMILES string of the molecule is CCC(C#N)C[P+](CC(C#N)CC)(CC(C#N)CC)CC(C)[P+](CC(C#N)CC)(CC(C#N)CC)CC(C#N)CC. The van der Waals surface area contributed by atoms with Crippen molar-refractivity contribution in [3.63, 3.8) is 0 Å². The molecule has 0 aliphatic heterocycles. The van der Waals surface area contributed by atoms with Gasteiger partial charge in [-0.1, -0.05) is 41.5 Å². The molecule has 0 radical (unpaired) electrons. The largest absolute Gasteiger partial charge is 0.198 e. The van der Waals surface area contributed by atoms with E-state index in [0.29, 0.717) is 0 Å². The van der Waals surface area contributed by atoms with Gasteiger partial charge in [-0.25, -0.2) is 0 Å². The first kappa shape index (κ1) is 38.8. The third-order valence-electron chi connectivity index (χ3n) is 9.21. The Hall–Kier alpha value is -2.20. The molecule has 0 bridgehead atoms. The monoisotopic (exact) mass is 596 g/mol. The molecule has 8 heteroatoms. The minimum Gasteiger partial charge on any atom is -0.198 e. The van der Waals surface area contributed by atoms with E-state index in [2.05, 4.69) is 43.3 Å². The van der Waals surface area contributed by atoms with Gasteiger partial charge < -0.3 is 0 Å². The minimum atomic E-state index is -2.02. The molecule has 0 aliphatic rings. The van der Waals surface area contributed by atoms with Gasteiger partial charge in [-0.2, -0.15) is 31.6 Å². The summed E-state index contributed by atoms with van der Waals surface area (Å²) in [4.78, 5) is 0. The van der Waals surface area contributed by atoms with Crippen molar-refractivity contribution in [1.82, 2.24) is 0 Å². The third kappa shape index (κ3) is 12.3. The molecule has 0 saturated heterocycles. The second-order valence-electron chi connectivity index (χ2n) is 12.1. The molecular weight excluding hydrogens is 542 g/mol. The van der Waals surface area contributed by atoms with Crippen molar-refractivity contribution in [3.05, 3.63) is 0 Å². The summed E-state index contributed by atoms with van der Waals surface area (Å²) >= 11 is 0. The Morgan fingerprint density at radius 1 is 0.390 bits per heavy atom. The lowest BCUT2D eigenvalue weighted by Crippen LogP contribution is -2.34. The summed E-state index contributed by atoms with van der Waals surface area (Å²) in [5, 5.41) is 60.5. The predicted molar refractivity (Wildman–Crippen MR) is 174 cm³/mol. The highest BCUT2D eigenvalue weighted by atomic mass is 31.2. The molecule has 0 heterocycles. The van der Waals surface area contributed by atoms with Crippen LogP contribution in [0.2, 0.25) is 0 Å². The Morgan fingerprint density at radius 2 is 0.610 bits per heavy atom. The summed E-state index contributed by atoms with van der Waals surface area (Å²) in [5.41, 5.74) is 0.187. The number of hydrogen-bond acceptors (Lipinski definition) is 6. The van der Waals surface area contributed by atoms with Crippen LogP contribution in [0.25, 0.3) is 0 Å². The fourth-order valence-corrected chi connectivity index (χ4v) is 19.7. The lowest BCUT2D eigenvalue weighted by Gasteiger charge is -2.40. The van der Waals surface area contributed by atoms with Gasteiger partial charge in [0.05, 0.1) is 115 Å². The Kier molecular flexibility index (Phi) is 19.5.